The molecule has 0 spiro atoms. The predicted molar refractivity (Wildman–Crippen MR) is 72.9 cm³/mol. The predicted octanol–water partition coefficient (Wildman–Crippen LogP) is 2.00. The lowest BCUT2D eigenvalue weighted by molar-refractivity contribution is -0.0751. The zero-order valence-corrected chi connectivity index (χ0v) is 11.9. The van der Waals surface area contributed by atoms with E-state index < -0.39 is 0 Å². The van der Waals surface area contributed by atoms with E-state index in [-0.39, 0.29) is 11.6 Å². The summed E-state index contributed by atoms with van der Waals surface area (Å²) in [5.41, 5.74) is 3.72. The maximum atomic E-state index is 6.02. The van der Waals surface area contributed by atoms with Crippen LogP contribution < -0.4 is 11.3 Å². The molecule has 3 N–H and O–H groups in total. The molecular formula is C13H26N4O. The number of nitrogens with one attached hydrogen (secondary N) is 1. The van der Waals surface area contributed by atoms with Gasteiger partial charge in [0.2, 0.25) is 0 Å². The summed E-state index contributed by atoms with van der Waals surface area (Å²) in [5, 5.41) is 4.31. The average Bonchev–Trinajstić information content (AvgIpc) is 2.86. The molecule has 1 unspecified atom stereocenters. The minimum Gasteiger partial charge on any atom is -0.373 e. The second kappa shape index (κ2) is 6.87. The van der Waals surface area contributed by atoms with Gasteiger partial charge in [-0.3, -0.25) is 10.5 Å². The van der Waals surface area contributed by atoms with E-state index in [2.05, 4.69) is 31.3 Å². The molecule has 18 heavy (non-hydrogen) atoms. The molecule has 0 saturated carbocycles. The minimum atomic E-state index is -0.281. The van der Waals surface area contributed by atoms with Crippen molar-refractivity contribution < 1.29 is 4.74 Å². The van der Waals surface area contributed by atoms with Crippen molar-refractivity contribution in [3.05, 3.63) is 18.0 Å². The summed E-state index contributed by atoms with van der Waals surface area (Å²) in [6.45, 7) is 9.87. The van der Waals surface area contributed by atoms with E-state index in [0.29, 0.717) is 6.61 Å². The summed E-state index contributed by atoms with van der Waals surface area (Å²) in [5.74, 6) is 5.78. The molecule has 1 aromatic heterocycles. The van der Waals surface area contributed by atoms with Crippen LogP contribution in [-0.2, 0) is 11.3 Å². The zero-order chi connectivity index (χ0) is 13.6. The lowest BCUT2D eigenvalue weighted by Gasteiger charge is -2.39. The Morgan fingerprint density at radius 3 is 2.50 bits per heavy atom. The molecule has 5 nitrogen and oxygen atoms in total. The maximum absolute atomic E-state index is 6.02. The van der Waals surface area contributed by atoms with Crippen LogP contribution in [0.4, 0.5) is 0 Å². The Morgan fingerprint density at radius 2 is 2.06 bits per heavy atom. The summed E-state index contributed by atoms with van der Waals surface area (Å²) in [7, 11) is 0. The van der Waals surface area contributed by atoms with Crippen molar-refractivity contribution in [2.75, 3.05) is 6.61 Å². The number of nitrogens with two attached hydrogens (primary N) is 1. The fourth-order valence-electron chi connectivity index (χ4n) is 2.59. The van der Waals surface area contributed by atoms with Crippen molar-refractivity contribution in [2.24, 2.45) is 5.84 Å². The normalized spacial score (nSPS) is 13.8. The van der Waals surface area contributed by atoms with E-state index in [1.54, 1.807) is 0 Å². The van der Waals surface area contributed by atoms with Crippen LogP contribution in [0.2, 0.25) is 0 Å². The summed E-state index contributed by atoms with van der Waals surface area (Å²) in [6, 6.07) is 1.96. The van der Waals surface area contributed by atoms with Crippen LogP contribution in [0, 0.1) is 0 Å². The highest BCUT2D eigenvalue weighted by Crippen LogP contribution is 2.34. The van der Waals surface area contributed by atoms with Gasteiger partial charge in [-0.15, -0.1) is 0 Å². The van der Waals surface area contributed by atoms with Crippen LogP contribution in [-0.4, -0.2) is 22.0 Å². The number of aryl methyl sites for hydroxylation is 1. The highest BCUT2D eigenvalue weighted by molar-refractivity contribution is 5.13. The van der Waals surface area contributed by atoms with Crippen LogP contribution >= 0.6 is 0 Å². The van der Waals surface area contributed by atoms with E-state index in [9.17, 15) is 0 Å². The minimum absolute atomic E-state index is 0.0464. The number of rotatable bonds is 8. The molecule has 104 valence electrons. The molecule has 0 fully saturated rings. The first-order valence-corrected chi connectivity index (χ1v) is 6.80. The van der Waals surface area contributed by atoms with Gasteiger partial charge < -0.3 is 4.74 Å². The number of aromatic nitrogens is 2. The molecule has 1 rings (SSSR count). The molecule has 0 radical (unpaired) electrons. The second-order valence-electron chi connectivity index (χ2n) is 4.38. The molecule has 1 atom stereocenters. The molecular weight excluding hydrogens is 228 g/mol. The van der Waals surface area contributed by atoms with Crippen LogP contribution in [0.15, 0.2) is 12.3 Å². The molecule has 0 bridgehead atoms. The van der Waals surface area contributed by atoms with Gasteiger partial charge >= 0.3 is 0 Å². The molecule has 0 amide bonds. The van der Waals surface area contributed by atoms with Crippen molar-refractivity contribution in [1.29, 1.82) is 0 Å². The number of hydrogen-bond acceptors (Lipinski definition) is 4. The number of ether oxygens (including phenoxy) is 1. The zero-order valence-electron chi connectivity index (χ0n) is 11.9. The SMILES string of the molecule is CCOC(CC)(CC)C(NN)c1ccnn1CC. The fraction of sp³-hybridized carbons (Fsp3) is 0.769. The van der Waals surface area contributed by atoms with E-state index in [0.717, 1.165) is 25.1 Å². The smallest absolute Gasteiger partial charge is 0.0918 e. The summed E-state index contributed by atoms with van der Waals surface area (Å²) < 4.78 is 7.98. The Labute approximate surface area is 110 Å². The number of hydrogen-bond donors (Lipinski definition) is 2. The number of hydrazine groups is 1. The molecule has 5 heteroatoms. The van der Waals surface area contributed by atoms with Crippen LogP contribution in [0.1, 0.15) is 52.3 Å². The van der Waals surface area contributed by atoms with E-state index in [4.69, 9.17) is 10.6 Å². The molecule has 1 aromatic rings. The first-order chi connectivity index (χ1) is 8.68. The summed E-state index contributed by atoms with van der Waals surface area (Å²) in [6.07, 6.45) is 3.62. The molecule has 0 aliphatic rings. The van der Waals surface area contributed by atoms with Crippen molar-refractivity contribution in [2.45, 2.75) is 58.7 Å². The Kier molecular flexibility index (Phi) is 5.78. The third-order valence-electron chi connectivity index (χ3n) is 3.67. The maximum Gasteiger partial charge on any atom is 0.0918 e. The van der Waals surface area contributed by atoms with Crippen molar-refractivity contribution in [3.63, 3.8) is 0 Å². The first-order valence-electron chi connectivity index (χ1n) is 6.80. The van der Waals surface area contributed by atoms with Crippen molar-refractivity contribution in [3.8, 4) is 0 Å². The van der Waals surface area contributed by atoms with Gasteiger partial charge in [0.05, 0.1) is 17.3 Å². The van der Waals surface area contributed by atoms with Gasteiger partial charge in [0.25, 0.3) is 0 Å². The quantitative estimate of drug-likeness (QED) is 0.550. The molecule has 0 aliphatic heterocycles. The lowest BCUT2D eigenvalue weighted by atomic mass is 9.86. The standard InChI is InChI=1S/C13H26N4O/c1-5-13(6-2,18-8-4)12(16-14)11-9-10-15-17(11)7-3/h9-10,12,16H,5-8,14H2,1-4H3. The Hall–Kier alpha value is -0.910. The molecule has 0 aliphatic carbocycles. The van der Waals surface area contributed by atoms with Crippen LogP contribution in [0.25, 0.3) is 0 Å². The molecule has 0 aromatic carbocycles. The highest BCUT2D eigenvalue weighted by Gasteiger charge is 2.38. The average molecular weight is 254 g/mol. The molecule has 1 heterocycles. The Bertz CT molecular complexity index is 347. The van der Waals surface area contributed by atoms with Gasteiger partial charge in [0.1, 0.15) is 0 Å². The molecule has 0 saturated heterocycles. The van der Waals surface area contributed by atoms with Gasteiger partial charge in [0, 0.05) is 19.3 Å². The van der Waals surface area contributed by atoms with Crippen molar-refractivity contribution in [1.82, 2.24) is 15.2 Å². The first kappa shape index (κ1) is 15.1. The van der Waals surface area contributed by atoms with Crippen molar-refractivity contribution >= 4 is 0 Å². The Morgan fingerprint density at radius 1 is 1.39 bits per heavy atom. The lowest BCUT2D eigenvalue weighted by Crippen LogP contribution is -2.48. The fourth-order valence-corrected chi connectivity index (χ4v) is 2.59. The van der Waals surface area contributed by atoms with Gasteiger partial charge in [-0.1, -0.05) is 13.8 Å². The third-order valence-corrected chi connectivity index (χ3v) is 3.67. The topological polar surface area (TPSA) is 65.1 Å². The van der Waals surface area contributed by atoms with Gasteiger partial charge in [-0.2, -0.15) is 5.10 Å². The largest absolute Gasteiger partial charge is 0.373 e. The second-order valence-corrected chi connectivity index (χ2v) is 4.38. The Balaban J connectivity index is 3.13. The summed E-state index contributed by atoms with van der Waals surface area (Å²) in [4.78, 5) is 0. The van der Waals surface area contributed by atoms with Gasteiger partial charge in [-0.25, -0.2) is 5.43 Å². The van der Waals surface area contributed by atoms with Crippen LogP contribution in [0.5, 0.6) is 0 Å². The third kappa shape index (κ3) is 2.74. The highest BCUT2D eigenvalue weighted by atomic mass is 16.5. The van der Waals surface area contributed by atoms with Gasteiger partial charge in [0.15, 0.2) is 0 Å². The monoisotopic (exact) mass is 254 g/mol. The van der Waals surface area contributed by atoms with E-state index in [1.165, 1.54) is 0 Å². The van der Waals surface area contributed by atoms with Crippen LogP contribution in [0.3, 0.4) is 0 Å². The van der Waals surface area contributed by atoms with E-state index in [1.807, 2.05) is 23.9 Å². The van der Waals surface area contributed by atoms with Gasteiger partial charge in [-0.05, 0) is 32.8 Å². The summed E-state index contributed by atoms with van der Waals surface area (Å²) >= 11 is 0. The number of nitrogens with zero attached hydrogens (tertiary/aromatic N) is 2. The van der Waals surface area contributed by atoms with E-state index >= 15 is 0 Å².